The van der Waals surface area contributed by atoms with E-state index < -0.39 is 13.9 Å². The molecule has 0 aliphatic rings. The lowest BCUT2D eigenvalue weighted by Gasteiger charge is -2.24. The molecule has 0 radical (unpaired) electrons. The van der Waals surface area contributed by atoms with Crippen molar-refractivity contribution in [2.24, 2.45) is 0 Å². The number of likely N-dealkylation sites (N-methyl/N-ethyl adjacent to an activating group) is 1. The topological polar surface area (TPSA) is 101 Å². The molecule has 0 aromatic carbocycles. The summed E-state index contributed by atoms with van der Waals surface area (Å²) in [6.45, 7) is 1.16. The van der Waals surface area contributed by atoms with Crippen LogP contribution < -0.4 is 0 Å². The molecule has 0 aromatic rings. The minimum absolute atomic E-state index is 0.112. The number of unbranched alkanes of at least 4 members (excludes halogenated alkanes) is 1. The number of carbonyl (C=O) groups excluding carboxylic acids is 1. The zero-order valence-corrected chi connectivity index (χ0v) is 16.8. The first-order valence-electron chi connectivity index (χ1n) is 8.19. The molecule has 2 unspecified atom stereocenters. The van der Waals surface area contributed by atoms with E-state index in [-0.39, 0.29) is 25.8 Å². The summed E-state index contributed by atoms with van der Waals surface area (Å²) >= 11 is 0. The highest BCUT2D eigenvalue weighted by molar-refractivity contribution is 7.47. The summed E-state index contributed by atoms with van der Waals surface area (Å²) in [4.78, 5) is 20.7. The number of esters is 1. The van der Waals surface area contributed by atoms with Gasteiger partial charge in [-0.1, -0.05) is 0 Å². The molecule has 0 aromatic heterocycles. The number of ether oxygens (including phenoxy) is 3. The first-order chi connectivity index (χ1) is 11.6. The van der Waals surface area contributed by atoms with E-state index in [0.29, 0.717) is 36.9 Å². The largest absolute Gasteiger partial charge is 0.472 e. The SMILES string of the molecule is COCC(COP(=O)(O)OCC[N+](C)(C)C)OCCCCC(=O)OC. The molecule has 0 aliphatic heterocycles. The number of nitrogens with zero attached hydrogens (tertiary/aromatic N) is 1. The molecule has 2 atom stereocenters. The Bertz CT molecular complexity index is 413. The second-order valence-electron chi connectivity index (χ2n) is 6.59. The first kappa shape index (κ1) is 24.5. The van der Waals surface area contributed by atoms with E-state index in [4.69, 9.17) is 18.5 Å². The maximum absolute atomic E-state index is 11.8. The van der Waals surface area contributed by atoms with Crippen LogP contribution in [0.1, 0.15) is 19.3 Å². The minimum Gasteiger partial charge on any atom is -0.469 e. The second kappa shape index (κ2) is 12.8. The fraction of sp³-hybridized carbons (Fsp3) is 0.933. The first-order valence-corrected chi connectivity index (χ1v) is 9.69. The van der Waals surface area contributed by atoms with Gasteiger partial charge in [-0.3, -0.25) is 13.8 Å². The normalized spacial score (nSPS) is 15.6. The molecule has 0 saturated heterocycles. The Balaban J connectivity index is 4.07. The minimum atomic E-state index is -4.12. The number of carbonyl (C=O) groups is 1. The number of phosphoric ester groups is 1. The summed E-state index contributed by atoms with van der Waals surface area (Å²) in [7, 11) is 4.59. The lowest BCUT2D eigenvalue weighted by atomic mass is 10.2. The van der Waals surface area contributed by atoms with Crippen LogP contribution in [-0.4, -0.2) is 89.8 Å². The number of hydrogen-bond donors (Lipinski definition) is 1. The summed E-state index contributed by atoms with van der Waals surface area (Å²) in [6, 6.07) is 0. The highest BCUT2D eigenvalue weighted by Crippen LogP contribution is 2.43. The van der Waals surface area contributed by atoms with E-state index in [0.717, 1.165) is 0 Å². The molecule has 1 N–H and O–H groups in total. The van der Waals surface area contributed by atoms with Gasteiger partial charge in [0.1, 0.15) is 19.3 Å². The van der Waals surface area contributed by atoms with Crippen molar-refractivity contribution in [2.75, 3.05) is 68.3 Å². The van der Waals surface area contributed by atoms with Crippen molar-refractivity contribution in [3.8, 4) is 0 Å². The second-order valence-corrected chi connectivity index (χ2v) is 8.05. The van der Waals surface area contributed by atoms with Crippen molar-refractivity contribution in [2.45, 2.75) is 25.4 Å². The highest BCUT2D eigenvalue weighted by atomic mass is 31.2. The molecule has 0 fully saturated rings. The Hall–Kier alpha value is -0.540. The highest BCUT2D eigenvalue weighted by Gasteiger charge is 2.24. The average Bonchev–Trinajstić information content (AvgIpc) is 2.50. The van der Waals surface area contributed by atoms with Crippen LogP contribution in [0.3, 0.4) is 0 Å². The lowest BCUT2D eigenvalue weighted by molar-refractivity contribution is -0.870. The van der Waals surface area contributed by atoms with Gasteiger partial charge in [0.25, 0.3) is 0 Å². The van der Waals surface area contributed by atoms with Crippen LogP contribution >= 0.6 is 7.82 Å². The molecule has 0 saturated carbocycles. The van der Waals surface area contributed by atoms with Gasteiger partial charge in [-0.15, -0.1) is 0 Å². The quantitative estimate of drug-likeness (QED) is 0.194. The summed E-state index contributed by atoms with van der Waals surface area (Å²) in [5, 5.41) is 0. The fourth-order valence-electron chi connectivity index (χ4n) is 1.70. The van der Waals surface area contributed by atoms with Crippen molar-refractivity contribution >= 4 is 13.8 Å². The summed E-state index contributed by atoms with van der Waals surface area (Å²) in [6.07, 6.45) is 1.13. The predicted molar refractivity (Wildman–Crippen MR) is 92.1 cm³/mol. The molecular formula is C15H33NO8P+. The molecule has 25 heavy (non-hydrogen) atoms. The Morgan fingerprint density at radius 1 is 1.08 bits per heavy atom. The summed E-state index contributed by atoms with van der Waals surface area (Å²) in [5.41, 5.74) is 0. The molecule has 150 valence electrons. The van der Waals surface area contributed by atoms with Gasteiger partial charge in [0, 0.05) is 20.1 Å². The van der Waals surface area contributed by atoms with Gasteiger partial charge in [-0.05, 0) is 12.8 Å². The van der Waals surface area contributed by atoms with Crippen LogP contribution in [-0.2, 0) is 32.6 Å². The Morgan fingerprint density at radius 3 is 2.32 bits per heavy atom. The molecule has 0 amide bonds. The zero-order chi connectivity index (χ0) is 19.3. The van der Waals surface area contributed by atoms with Gasteiger partial charge >= 0.3 is 13.8 Å². The number of quaternary nitrogens is 1. The third kappa shape index (κ3) is 15.4. The zero-order valence-electron chi connectivity index (χ0n) is 15.9. The van der Waals surface area contributed by atoms with Crippen LogP contribution in [0.4, 0.5) is 0 Å². The van der Waals surface area contributed by atoms with Crippen molar-refractivity contribution in [1.82, 2.24) is 0 Å². The average molecular weight is 386 g/mol. The van der Waals surface area contributed by atoms with Crippen LogP contribution in [0.5, 0.6) is 0 Å². The summed E-state index contributed by atoms with van der Waals surface area (Å²) in [5.74, 6) is -0.260. The van der Waals surface area contributed by atoms with Gasteiger partial charge in [-0.25, -0.2) is 4.57 Å². The molecule has 0 bridgehead atoms. The monoisotopic (exact) mass is 386 g/mol. The molecule has 10 heteroatoms. The van der Waals surface area contributed by atoms with Gasteiger partial charge in [-0.2, -0.15) is 0 Å². The molecule has 0 rings (SSSR count). The van der Waals surface area contributed by atoms with E-state index in [1.165, 1.54) is 14.2 Å². The van der Waals surface area contributed by atoms with Gasteiger partial charge in [0.15, 0.2) is 0 Å². The molecule has 0 spiro atoms. The number of rotatable bonds is 15. The van der Waals surface area contributed by atoms with E-state index in [1.807, 2.05) is 21.1 Å². The number of phosphoric acid groups is 1. The summed E-state index contributed by atoms with van der Waals surface area (Å²) < 4.78 is 37.5. The van der Waals surface area contributed by atoms with Gasteiger partial charge < -0.3 is 23.6 Å². The number of methoxy groups -OCH3 is 2. The third-order valence-corrected chi connectivity index (χ3v) is 4.13. The van der Waals surface area contributed by atoms with Crippen LogP contribution in [0, 0.1) is 0 Å². The van der Waals surface area contributed by atoms with Crippen LogP contribution in [0.15, 0.2) is 0 Å². The maximum atomic E-state index is 11.8. The Kier molecular flexibility index (Phi) is 12.5. The van der Waals surface area contributed by atoms with Crippen LogP contribution in [0.25, 0.3) is 0 Å². The lowest BCUT2D eigenvalue weighted by Crippen LogP contribution is -2.37. The molecule has 9 nitrogen and oxygen atoms in total. The third-order valence-electron chi connectivity index (χ3n) is 3.15. The van der Waals surface area contributed by atoms with E-state index in [9.17, 15) is 14.3 Å². The smallest absolute Gasteiger partial charge is 0.469 e. The number of hydrogen-bond acceptors (Lipinski definition) is 7. The molecular weight excluding hydrogens is 353 g/mol. The Labute approximate surface area is 150 Å². The van der Waals surface area contributed by atoms with Gasteiger partial charge in [0.2, 0.25) is 0 Å². The van der Waals surface area contributed by atoms with Crippen molar-refractivity contribution in [3.63, 3.8) is 0 Å². The molecule has 0 aliphatic carbocycles. The van der Waals surface area contributed by atoms with Crippen molar-refractivity contribution in [3.05, 3.63) is 0 Å². The maximum Gasteiger partial charge on any atom is 0.472 e. The van der Waals surface area contributed by atoms with Crippen LogP contribution in [0.2, 0.25) is 0 Å². The van der Waals surface area contributed by atoms with E-state index in [1.54, 1.807) is 0 Å². The fourth-order valence-corrected chi connectivity index (χ4v) is 2.44. The van der Waals surface area contributed by atoms with E-state index in [2.05, 4.69) is 4.74 Å². The predicted octanol–water partition coefficient (Wildman–Crippen LogP) is 1.20. The van der Waals surface area contributed by atoms with Crippen molar-refractivity contribution in [1.29, 1.82) is 0 Å². The van der Waals surface area contributed by atoms with Crippen molar-refractivity contribution < 1.29 is 42.0 Å². The Morgan fingerprint density at radius 2 is 1.76 bits per heavy atom. The van der Waals surface area contributed by atoms with E-state index >= 15 is 0 Å². The molecule has 0 heterocycles. The van der Waals surface area contributed by atoms with Gasteiger partial charge in [0.05, 0.1) is 41.5 Å². The standard InChI is InChI=1S/C15H32NO8P/c1-16(2,3)9-11-23-25(18,19)24-13-14(12-20-4)22-10-7-6-8-15(17)21-5/h14H,6-13H2,1-5H3/p+1.